The Morgan fingerprint density at radius 2 is 1.89 bits per heavy atom. The van der Waals surface area contributed by atoms with Gasteiger partial charge in [-0.15, -0.1) is 0 Å². The molecule has 0 unspecified atom stereocenters. The van der Waals surface area contributed by atoms with Crippen molar-refractivity contribution in [2.75, 3.05) is 0 Å². The Bertz CT molecular complexity index is 552. The van der Waals surface area contributed by atoms with Crippen molar-refractivity contribution >= 4 is 11.8 Å². The van der Waals surface area contributed by atoms with Crippen molar-refractivity contribution in [1.82, 2.24) is 0 Å². The Kier molecular flexibility index (Phi) is 3.52. The number of thioether (sulfide) groups is 1. The van der Waals surface area contributed by atoms with Crippen LogP contribution in [0.15, 0.2) is 47.4 Å². The van der Waals surface area contributed by atoms with E-state index in [-0.39, 0.29) is 22.4 Å². The lowest BCUT2D eigenvalue weighted by Crippen LogP contribution is -2.00. The van der Waals surface area contributed by atoms with E-state index in [4.69, 9.17) is 0 Å². The summed E-state index contributed by atoms with van der Waals surface area (Å²) in [6, 6.07) is 13.3. The van der Waals surface area contributed by atoms with E-state index in [1.165, 1.54) is 18.2 Å². The molecule has 18 heavy (non-hydrogen) atoms. The summed E-state index contributed by atoms with van der Waals surface area (Å²) in [6.45, 7) is 0. The molecule has 0 aliphatic carbocycles. The lowest BCUT2D eigenvalue weighted by Gasteiger charge is -2.10. The second-order valence-electron chi connectivity index (χ2n) is 3.51. The van der Waals surface area contributed by atoms with Crippen LogP contribution >= 0.6 is 11.8 Å². The van der Waals surface area contributed by atoms with Gasteiger partial charge in [0.2, 0.25) is 0 Å². The Hall–Kier alpha value is -1.62. The summed E-state index contributed by atoms with van der Waals surface area (Å²) in [7, 11) is 0. The van der Waals surface area contributed by atoms with Crippen molar-refractivity contribution in [2.45, 2.75) is 10.4 Å². The predicted molar refractivity (Wildman–Crippen MR) is 64.3 cm³/mol. The SMILES string of the molecule is Oc1cccc(-c2ccc[c]c2SC(F)(F)F)c1. The van der Waals surface area contributed by atoms with E-state index >= 15 is 0 Å². The maximum Gasteiger partial charge on any atom is 0.446 e. The molecular formula is C13H8F3OS. The first-order chi connectivity index (χ1) is 8.46. The number of hydrogen-bond donors (Lipinski definition) is 1. The quantitative estimate of drug-likeness (QED) is 0.812. The van der Waals surface area contributed by atoms with E-state index in [2.05, 4.69) is 6.07 Å². The summed E-state index contributed by atoms with van der Waals surface area (Å²) in [6.07, 6.45) is 0. The average Bonchev–Trinajstić information content (AvgIpc) is 2.27. The highest BCUT2D eigenvalue weighted by Gasteiger charge is 2.30. The van der Waals surface area contributed by atoms with Gasteiger partial charge in [0, 0.05) is 4.90 Å². The second-order valence-corrected chi connectivity index (χ2v) is 4.59. The van der Waals surface area contributed by atoms with Crippen molar-refractivity contribution < 1.29 is 18.3 Å². The molecule has 0 aliphatic rings. The van der Waals surface area contributed by atoms with Crippen LogP contribution in [0, 0.1) is 6.07 Å². The molecule has 2 aromatic carbocycles. The fourth-order valence-corrected chi connectivity index (χ4v) is 2.18. The Morgan fingerprint density at radius 3 is 2.56 bits per heavy atom. The molecule has 0 aliphatic heterocycles. The van der Waals surface area contributed by atoms with Crippen LogP contribution in [0.2, 0.25) is 0 Å². The van der Waals surface area contributed by atoms with Gasteiger partial charge >= 0.3 is 5.51 Å². The molecule has 1 N–H and O–H groups in total. The number of phenols is 1. The van der Waals surface area contributed by atoms with Crippen LogP contribution in [0.4, 0.5) is 13.2 Å². The smallest absolute Gasteiger partial charge is 0.446 e. The maximum absolute atomic E-state index is 12.4. The maximum atomic E-state index is 12.4. The zero-order valence-corrected chi connectivity index (χ0v) is 9.85. The first-order valence-electron chi connectivity index (χ1n) is 5.01. The van der Waals surface area contributed by atoms with Gasteiger partial charge in [-0.3, -0.25) is 0 Å². The van der Waals surface area contributed by atoms with Gasteiger partial charge < -0.3 is 5.11 Å². The highest BCUT2D eigenvalue weighted by atomic mass is 32.2. The number of benzene rings is 2. The fourth-order valence-electron chi connectivity index (χ4n) is 1.52. The van der Waals surface area contributed by atoms with Gasteiger partial charge in [-0.1, -0.05) is 30.3 Å². The highest BCUT2D eigenvalue weighted by Crippen LogP contribution is 2.41. The summed E-state index contributed by atoms with van der Waals surface area (Å²) in [5.41, 5.74) is -3.43. The lowest BCUT2D eigenvalue weighted by atomic mass is 10.1. The monoisotopic (exact) mass is 269 g/mol. The number of halogens is 3. The normalized spacial score (nSPS) is 11.5. The van der Waals surface area contributed by atoms with Crippen molar-refractivity contribution in [3.8, 4) is 16.9 Å². The van der Waals surface area contributed by atoms with Gasteiger partial charge in [0.1, 0.15) is 5.75 Å². The zero-order valence-electron chi connectivity index (χ0n) is 9.03. The number of rotatable bonds is 2. The Labute approximate surface area is 106 Å². The molecule has 0 amide bonds. The molecule has 2 aromatic rings. The minimum Gasteiger partial charge on any atom is -0.508 e. The van der Waals surface area contributed by atoms with Crippen LogP contribution < -0.4 is 0 Å². The van der Waals surface area contributed by atoms with Gasteiger partial charge in [0.15, 0.2) is 0 Å². The van der Waals surface area contributed by atoms with E-state index in [1.54, 1.807) is 24.3 Å². The van der Waals surface area contributed by atoms with Gasteiger partial charge in [-0.05, 0) is 41.1 Å². The van der Waals surface area contributed by atoms with Crippen LogP contribution in [0.1, 0.15) is 0 Å². The number of hydrogen-bond acceptors (Lipinski definition) is 2. The van der Waals surface area contributed by atoms with Crippen molar-refractivity contribution in [3.05, 3.63) is 48.5 Å². The second kappa shape index (κ2) is 4.94. The molecule has 0 atom stereocenters. The molecule has 0 heterocycles. The average molecular weight is 269 g/mol. The lowest BCUT2D eigenvalue weighted by molar-refractivity contribution is -0.0328. The first kappa shape index (κ1) is 12.8. The molecule has 2 rings (SSSR count). The molecule has 0 bridgehead atoms. The third-order valence-corrected chi connectivity index (χ3v) is 2.97. The van der Waals surface area contributed by atoms with E-state index < -0.39 is 5.51 Å². The standard InChI is InChI=1S/C13H8F3OS/c14-13(15,16)18-12-7-2-1-6-11(12)9-4-3-5-10(17)8-9/h1-6,8,17H. The van der Waals surface area contributed by atoms with Crippen LogP contribution in [0.25, 0.3) is 11.1 Å². The molecular weight excluding hydrogens is 261 g/mol. The van der Waals surface area contributed by atoms with Crippen molar-refractivity contribution in [3.63, 3.8) is 0 Å². The molecule has 0 aromatic heterocycles. The van der Waals surface area contributed by atoms with E-state index in [0.717, 1.165) is 0 Å². The summed E-state index contributed by atoms with van der Waals surface area (Å²) in [5, 5.41) is 9.36. The summed E-state index contributed by atoms with van der Waals surface area (Å²) in [4.78, 5) is -0.00407. The first-order valence-corrected chi connectivity index (χ1v) is 5.83. The third kappa shape index (κ3) is 3.20. The molecule has 93 valence electrons. The number of aromatic hydroxyl groups is 1. The minimum atomic E-state index is -4.36. The van der Waals surface area contributed by atoms with E-state index in [0.29, 0.717) is 11.1 Å². The van der Waals surface area contributed by atoms with E-state index in [1.807, 2.05) is 0 Å². The zero-order chi connectivity index (χ0) is 13.2. The Balaban J connectivity index is 2.45. The molecule has 0 saturated heterocycles. The van der Waals surface area contributed by atoms with Crippen LogP contribution in [0.3, 0.4) is 0 Å². The van der Waals surface area contributed by atoms with Crippen molar-refractivity contribution in [1.29, 1.82) is 0 Å². The van der Waals surface area contributed by atoms with Gasteiger partial charge in [-0.25, -0.2) is 0 Å². The largest absolute Gasteiger partial charge is 0.508 e. The summed E-state index contributed by atoms with van der Waals surface area (Å²) in [5.74, 6) is 0.0133. The van der Waals surface area contributed by atoms with Crippen LogP contribution in [0.5, 0.6) is 5.75 Å². The summed E-state index contributed by atoms with van der Waals surface area (Å²) >= 11 is -0.209. The van der Waals surface area contributed by atoms with Gasteiger partial charge in [-0.2, -0.15) is 13.2 Å². The minimum absolute atomic E-state index is 0.00407. The molecule has 5 heteroatoms. The number of alkyl halides is 3. The summed E-state index contributed by atoms with van der Waals surface area (Å²) < 4.78 is 37.2. The van der Waals surface area contributed by atoms with Crippen LogP contribution in [-0.2, 0) is 0 Å². The molecule has 0 spiro atoms. The van der Waals surface area contributed by atoms with Crippen molar-refractivity contribution in [2.24, 2.45) is 0 Å². The third-order valence-electron chi connectivity index (χ3n) is 2.19. The Morgan fingerprint density at radius 1 is 1.11 bits per heavy atom. The molecule has 0 fully saturated rings. The fraction of sp³-hybridized carbons (Fsp3) is 0.0769. The van der Waals surface area contributed by atoms with Crippen LogP contribution in [-0.4, -0.2) is 10.6 Å². The topological polar surface area (TPSA) is 20.2 Å². The highest BCUT2D eigenvalue weighted by molar-refractivity contribution is 8.00. The molecule has 1 radical (unpaired) electrons. The number of phenolic OH excluding ortho intramolecular Hbond substituents is 1. The molecule has 1 nitrogen and oxygen atoms in total. The molecule has 0 saturated carbocycles. The van der Waals surface area contributed by atoms with E-state index in [9.17, 15) is 18.3 Å². The van der Waals surface area contributed by atoms with Gasteiger partial charge in [0.25, 0.3) is 0 Å². The predicted octanol–water partition coefficient (Wildman–Crippen LogP) is 4.47. The van der Waals surface area contributed by atoms with Gasteiger partial charge in [0.05, 0.1) is 0 Å².